The highest BCUT2D eigenvalue weighted by Gasteiger charge is 2.05. The van der Waals surface area contributed by atoms with Gasteiger partial charge in [-0.15, -0.1) is 0 Å². The largest absolute Gasteiger partial charge is 0.278 e. The number of nitrogens with zero attached hydrogens (tertiary/aromatic N) is 2. The lowest BCUT2D eigenvalue weighted by Crippen LogP contribution is -2.03. The number of nitrogens with one attached hydrogen (secondary N) is 1. The quantitative estimate of drug-likeness (QED) is 0.466. The summed E-state index contributed by atoms with van der Waals surface area (Å²) >= 11 is 0. The van der Waals surface area contributed by atoms with Crippen LogP contribution in [0.3, 0.4) is 0 Å². The highest BCUT2D eigenvalue weighted by atomic mass is 16.6. The van der Waals surface area contributed by atoms with Crippen LogP contribution in [-0.4, -0.2) is 10.6 Å². The van der Waals surface area contributed by atoms with E-state index in [1.807, 2.05) is 6.92 Å². The van der Waals surface area contributed by atoms with Crippen LogP contribution in [0.25, 0.3) is 0 Å². The van der Waals surface area contributed by atoms with Crippen molar-refractivity contribution < 1.29 is 4.92 Å². The Morgan fingerprint density at radius 1 is 1.13 bits per heavy atom. The summed E-state index contributed by atoms with van der Waals surface area (Å²) in [4.78, 5) is 10.2. The van der Waals surface area contributed by atoms with E-state index in [1.165, 1.54) is 17.7 Å². The fourth-order valence-corrected chi connectivity index (χ4v) is 2.20. The van der Waals surface area contributed by atoms with Gasteiger partial charge in [-0.1, -0.05) is 45.0 Å². The minimum atomic E-state index is -0.416. The Kier molecular flexibility index (Phi) is 5.46. The summed E-state index contributed by atoms with van der Waals surface area (Å²) in [6, 6.07) is 14.6. The minimum absolute atomic E-state index is 0.0690. The summed E-state index contributed by atoms with van der Waals surface area (Å²) in [6.07, 6.45) is 0.793. The maximum absolute atomic E-state index is 10.6. The maximum atomic E-state index is 10.6. The van der Waals surface area contributed by atoms with Crippen molar-refractivity contribution in [3.63, 3.8) is 0 Å². The predicted octanol–water partition coefficient (Wildman–Crippen LogP) is 4.94. The molecule has 5 nitrogen and oxygen atoms in total. The van der Waals surface area contributed by atoms with E-state index in [9.17, 15) is 10.1 Å². The van der Waals surface area contributed by atoms with E-state index in [0.717, 1.165) is 23.4 Å². The topological polar surface area (TPSA) is 67.5 Å². The molecule has 2 aromatic rings. The summed E-state index contributed by atoms with van der Waals surface area (Å²) in [6.45, 7) is 6.38. The normalized spacial score (nSPS) is 11.6. The van der Waals surface area contributed by atoms with Crippen LogP contribution in [0.2, 0.25) is 0 Å². The Morgan fingerprint density at radius 3 is 2.22 bits per heavy atom. The molecule has 0 amide bonds. The Labute approximate surface area is 136 Å². The molecule has 1 N–H and O–H groups in total. The lowest BCUT2D eigenvalue weighted by Gasteiger charge is -2.09. The number of nitro groups is 1. The van der Waals surface area contributed by atoms with Crippen molar-refractivity contribution >= 4 is 17.1 Å². The number of non-ortho nitro benzene ring substituents is 1. The molecule has 0 aliphatic heterocycles. The van der Waals surface area contributed by atoms with Gasteiger partial charge >= 0.3 is 0 Å². The fraction of sp³-hybridized carbons (Fsp3) is 0.278. The average Bonchev–Trinajstić information content (AvgIpc) is 2.56. The Hall–Kier alpha value is -2.69. The van der Waals surface area contributed by atoms with Crippen molar-refractivity contribution in [1.82, 2.24) is 0 Å². The van der Waals surface area contributed by atoms with Gasteiger partial charge in [-0.25, -0.2) is 0 Å². The second-order valence-corrected chi connectivity index (χ2v) is 5.60. The van der Waals surface area contributed by atoms with E-state index in [0.29, 0.717) is 5.92 Å². The average molecular weight is 311 g/mol. The Bertz CT molecular complexity index is 689. The van der Waals surface area contributed by atoms with Gasteiger partial charge in [0, 0.05) is 12.1 Å². The molecule has 0 radical (unpaired) electrons. The van der Waals surface area contributed by atoms with Gasteiger partial charge in [-0.05, 0) is 35.6 Å². The van der Waals surface area contributed by atoms with Gasteiger partial charge in [0.1, 0.15) is 0 Å². The Balaban J connectivity index is 2.13. The Morgan fingerprint density at radius 2 is 1.74 bits per heavy atom. The van der Waals surface area contributed by atoms with Crippen LogP contribution in [0.5, 0.6) is 0 Å². The van der Waals surface area contributed by atoms with Crippen molar-refractivity contribution in [2.24, 2.45) is 5.10 Å². The van der Waals surface area contributed by atoms with Crippen molar-refractivity contribution in [2.75, 3.05) is 5.43 Å². The second kappa shape index (κ2) is 7.54. The highest BCUT2D eigenvalue weighted by molar-refractivity contribution is 6.00. The molecule has 5 heteroatoms. The zero-order valence-corrected chi connectivity index (χ0v) is 13.6. The summed E-state index contributed by atoms with van der Waals surface area (Å²) in [5.74, 6) is 0.504. The first-order valence-electron chi connectivity index (χ1n) is 7.68. The molecule has 0 aliphatic rings. The first-order chi connectivity index (χ1) is 11.0. The molecule has 120 valence electrons. The number of anilines is 1. The van der Waals surface area contributed by atoms with E-state index < -0.39 is 4.92 Å². The van der Waals surface area contributed by atoms with Gasteiger partial charge in [0.2, 0.25) is 0 Å². The van der Waals surface area contributed by atoms with E-state index >= 15 is 0 Å². The number of hydrogen-bond acceptors (Lipinski definition) is 4. The molecule has 2 rings (SSSR count). The summed E-state index contributed by atoms with van der Waals surface area (Å²) < 4.78 is 0. The molecule has 2 aromatic carbocycles. The molecule has 0 heterocycles. The number of benzene rings is 2. The van der Waals surface area contributed by atoms with Crippen LogP contribution >= 0.6 is 0 Å². The van der Waals surface area contributed by atoms with E-state index in [4.69, 9.17) is 0 Å². The van der Waals surface area contributed by atoms with Gasteiger partial charge in [0.25, 0.3) is 5.69 Å². The van der Waals surface area contributed by atoms with Crippen molar-refractivity contribution in [3.8, 4) is 0 Å². The molecule has 23 heavy (non-hydrogen) atoms. The fourth-order valence-electron chi connectivity index (χ4n) is 2.20. The van der Waals surface area contributed by atoms with Gasteiger partial charge in [-0.3, -0.25) is 15.5 Å². The lowest BCUT2D eigenvalue weighted by atomic mass is 10.00. The molecule has 0 aromatic heterocycles. The van der Waals surface area contributed by atoms with E-state index in [2.05, 4.69) is 48.6 Å². The van der Waals surface area contributed by atoms with Crippen LogP contribution in [0.1, 0.15) is 44.2 Å². The molecular weight excluding hydrogens is 290 g/mol. The molecule has 0 aliphatic carbocycles. The SMILES string of the molecule is CC/C(=N\Nc1ccc([N+](=O)[O-])cc1)c1ccc(C(C)C)cc1. The zero-order chi connectivity index (χ0) is 16.8. The molecule has 0 saturated heterocycles. The third-order valence-electron chi connectivity index (χ3n) is 3.64. The lowest BCUT2D eigenvalue weighted by molar-refractivity contribution is -0.384. The molecular formula is C18H21N3O2. The number of nitro benzene ring substituents is 1. The predicted molar refractivity (Wildman–Crippen MR) is 94.1 cm³/mol. The molecule has 0 unspecified atom stereocenters. The van der Waals surface area contributed by atoms with Crippen molar-refractivity contribution in [1.29, 1.82) is 0 Å². The smallest absolute Gasteiger partial charge is 0.269 e. The van der Waals surface area contributed by atoms with Gasteiger partial charge in [0.05, 0.1) is 16.3 Å². The number of rotatable bonds is 6. The van der Waals surface area contributed by atoms with Crippen molar-refractivity contribution in [2.45, 2.75) is 33.1 Å². The van der Waals surface area contributed by atoms with E-state index in [1.54, 1.807) is 12.1 Å². The third-order valence-corrected chi connectivity index (χ3v) is 3.64. The molecule has 0 bridgehead atoms. The number of hydrogen-bond donors (Lipinski definition) is 1. The van der Waals surface area contributed by atoms with Crippen LogP contribution in [0, 0.1) is 10.1 Å². The molecule has 0 spiro atoms. The van der Waals surface area contributed by atoms with E-state index in [-0.39, 0.29) is 5.69 Å². The minimum Gasteiger partial charge on any atom is -0.278 e. The van der Waals surface area contributed by atoms with Gasteiger partial charge in [-0.2, -0.15) is 5.10 Å². The van der Waals surface area contributed by atoms with Crippen LogP contribution in [0.4, 0.5) is 11.4 Å². The number of hydrazone groups is 1. The summed E-state index contributed by atoms with van der Waals surface area (Å²) in [5.41, 5.74) is 7.07. The van der Waals surface area contributed by atoms with Crippen molar-refractivity contribution in [3.05, 3.63) is 69.8 Å². The van der Waals surface area contributed by atoms with Gasteiger partial charge in [0.15, 0.2) is 0 Å². The van der Waals surface area contributed by atoms with Crippen LogP contribution in [0.15, 0.2) is 53.6 Å². The highest BCUT2D eigenvalue weighted by Crippen LogP contribution is 2.17. The summed E-state index contributed by atoms with van der Waals surface area (Å²) in [7, 11) is 0. The third kappa shape index (κ3) is 4.39. The zero-order valence-electron chi connectivity index (χ0n) is 13.6. The van der Waals surface area contributed by atoms with Crippen LogP contribution in [-0.2, 0) is 0 Å². The second-order valence-electron chi connectivity index (χ2n) is 5.60. The molecule has 0 saturated carbocycles. The first-order valence-corrected chi connectivity index (χ1v) is 7.68. The first kappa shape index (κ1) is 16.7. The summed E-state index contributed by atoms with van der Waals surface area (Å²) in [5, 5.41) is 15.1. The van der Waals surface area contributed by atoms with Gasteiger partial charge < -0.3 is 0 Å². The standard InChI is InChI=1S/C18H21N3O2/c1-4-18(15-7-5-14(6-8-15)13(2)3)20-19-16-9-11-17(12-10-16)21(22)23/h5-13,19H,4H2,1-3H3/b20-18+. The maximum Gasteiger partial charge on any atom is 0.269 e. The van der Waals surface area contributed by atoms with Crippen LogP contribution < -0.4 is 5.43 Å². The monoisotopic (exact) mass is 311 g/mol. The molecule has 0 fully saturated rings. The molecule has 0 atom stereocenters.